The second-order valence-corrected chi connectivity index (χ2v) is 9.08. The summed E-state index contributed by atoms with van der Waals surface area (Å²) in [6.45, 7) is 8.37. The maximum Gasteiger partial charge on any atom is 0.111 e. The van der Waals surface area contributed by atoms with Crippen molar-refractivity contribution in [3.8, 4) is 6.07 Å². The summed E-state index contributed by atoms with van der Waals surface area (Å²) in [4.78, 5) is 1.27. The Balaban J connectivity index is 1.88. The molecule has 0 saturated carbocycles. The van der Waals surface area contributed by atoms with Crippen molar-refractivity contribution in [3.63, 3.8) is 0 Å². The smallest absolute Gasteiger partial charge is 0.111 e. The zero-order valence-corrected chi connectivity index (χ0v) is 18.4. The second-order valence-electron chi connectivity index (χ2n) is 7.91. The lowest BCUT2D eigenvalue weighted by Crippen LogP contribution is -2.36. The molecule has 0 bridgehead atoms. The first-order chi connectivity index (χ1) is 14.1. The van der Waals surface area contributed by atoms with Crippen LogP contribution in [0, 0.1) is 23.2 Å². The van der Waals surface area contributed by atoms with Crippen LogP contribution in [0.2, 0.25) is 0 Å². The standard InChI is InChI=1S/C26H30N2S/c1-4-25(16-15-21(2)3)29-28-18-17-24(19-28)26(20-27,22-11-7-5-8-12-22)23-13-9-6-10-14-23/h4-16,21,24H,17-19H2,1-3H3/b16-15-,25-4+. The molecule has 29 heavy (non-hydrogen) atoms. The number of nitrogens with zero attached hydrogens (tertiary/aromatic N) is 2. The molecule has 3 heteroatoms. The topological polar surface area (TPSA) is 27.0 Å². The van der Waals surface area contributed by atoms with E-state index in [1.54, 1.807) is 0 Å². The molecule has 3 rings (SSSR count). The van der Waals surface area contributed by atoms with E-state index in [9.17, 15) is 5.26 Å². The molecule has 2 aromatic rings. The quantitative estimate of drug-likeness (QED) is 0.386. The van der Waals surface area contributed by atoms with Gasteiger partial charge in [-0.2, -0.15) is 5.26 Å². The van der Waals surface area contributed by atoms with Crippen molar-refractivity contribution in [2.75, 3.05) is 13.1 Å². The number of hydrogen-bond acceptors (Lipinski definition) is 3. The Labute approximate surface area is 180 Å². The van der Waals surface area contributed by atoms with E-state index >= 15 is 0 Å². The van der Waals surface area contributed by atoms with Gasteiger partial charge >= 0.3 is 0 Å². The van der Waals surface area contributed by atoms with E-state index in [2.05, 4.69) is 73.6 Å². The maximum atomic E-state index is 10.5. The molecule has 1 atom stereocenters. The fourth-order valence-electron chi connectivity index (χ4n) is 4.04. The molecule has 2 nitrogen and oxygen atoms in total. The third-order valence-electron chi connectivity index (χ3n) is 5.56. The highest BCUT2D eigenvalue weighted by molar-refractivity contribution is 8.01. The molecule has 1 saturated heterocycles. The molecule has 0 N–H and O–H groups in total. The van der Waals surface area contributed by atoms with Crippen LogP contribution in [0.25, 0.3) is 0 Å². The van der Waals surface area contributed by atoms with Crippen LogP contribution in [-0.4, -0.2) is 17.4 Å². The molecular formula is C26H30N2S. The van der Waals surface area contributed by atoms with Gasteiger partial charge in [0, 0.05) is 23.9 Å². The van der Waals surface area contributed by atoms with Crippen molar-refractivity contribution in [3.05, 3.63) is 94.9 Å². The third-order valence-corrected chi connectivity index (χ3v) is 6.73. The van der Waals surface area contributed by atoms with Gasteiger partial charge in [0.05, 0.1) is 6.07 Å². The largest absolute Gasteiger partial charge is 0.246 e. The minimum Gasteiger partial charge on any atom is -0.246 e. The van der Waals surface area contributed by atoms with Crippen LogP contribution in [0.3, 0.4) is 0 Å². The zero-order chi connectivity index (χ0) is 20.7. The van der Waals surface area contributed by atoms with E-state index in [-0.39, 0.29) is 5.92 Å². The predicted octanol–water partition coefficient (Wildman–Crippen LogP) is 6.58. The Morgan fingerprint density at radius 2 is 1.69 bits per heavy atom. The summed E-state index contributed by atoms with van der Waals surface area (Å²) in [6, 6.07) is 23.4. The van der Waals surface area contributed by atoms with Gasteiger partial charge in [0.2, 0.25) is 0 Å². The van der Waals surface area contributed by atoms with Crippen LogP contribution in [0.4, 0.5) is 0 Å². The van der Waals surface area contributed by atoms with Crippen molar-refractivity contribution >= 4 is 11.9 Å². The molecule has 0 aromatic heterocycles. The lowest BCUT2D eigenvalue weighted by molar-refractivity contribution is 0.406. The molecule has 1 unspecified atom stereocenters. The average Bonchev–Trinajstić information content (AvgIpc) is 3.22. The summed E-state index contributed by atoms with van der Waals surface area (Å²) in [5.41, 5.74) is 1.56. The normalized spacial score (nSPS) is 18.4. The number of allylic oxidation sites excluding steroid dienone is 3. The second kappa shape index (κ2) is 9.96. The highest BCUT2D eigenvalue weighted by Gasteiger charge is 2.45. The first-order valence-corrected chi connectivity index (χ1v) is 11.2. The summed E-state index contributed by atoms with van der Waals surface area (Å²) < 4.78 is 2.42. The van der Waals surface area contributed by atoms with Crippen LogP contribution in [0.5, 0.6) is 0 Å². The number of rotatable bonds is 7. The summed E-state index contributed by atoms with van der Waals surface area (Å²) >= 11 is 1.81. The Bertz CT molecular complexity index is 838. The average molecular weight is 403 g/mol. The Morgan fingerprint density at radius 1 is 1.10 bits per heavy atom. The molecule has 1 fully saturated rings. The fraction of sp³-hybridized carbons (Fsp3) is 0.346. The summed E-state index contributed by atoms with van der Waals surface area (Å²) in [6.07, 6.45) is 7.63. The monoisotopic (exact) mass is 402 g/mol. The van der Waals surface area contributed by atoms with Gasteiger partial charge in [0.15, 0.2) is 0 Å². The summed E-state index contributed by atoms with van der Waals surface area (Å²) in [7, 11) is 0. The van der Waals surface area contributed by atoms with Crippen LogP contribution in [0.15, 0.2) is 83.8 Å². The van der Waals surface area contributed by atoms with Gasteiger partial charge < -0.3 is 0 Å². The van der Waals surface area contributed by atoms with E-state index in [0.29, 0.717) is 5.92 Å². The molecule has 150 valence electrons. The predicted molar refractivity (Wildman–Crippen MR) is 124 cm³/mol. The van der Waals surface area contributed by atoms with Crippen molar-refractivity contribution in [1.29, 1.82) is 5.26 Å². The molecular weight excluding hydrogens is 372 g/mol. The summed E-state index contributed by atoms with van der Waals surface area (Å²) in [5, 5.41) is 10.5. The SMILES string of the molecule is C/C=C(\C=C/C(C)C)SN1CCC(C(C#N)(c2ccccc2)c2ccccc2)C1. The Hall–Kier alpha value is -2.28. The van der Waals surface area contributed by atoms with Crippen LogP contribution < -0.4 is 0 Å². The highest BCUT2D eigenvalue weighted by Crippen LogP contribution is 2.45. The van der Waals surface area contributed by atoms with Crippen LogP contribution in [0.1, 0.15) is 38.3 Å². The number of hydrogen-bond donors (Lipinski definition) is 0. The van der Waals surface area contributed by atoms with E-state index in [0.717, 1.165) is 30.6 Å². The molecule has 0 radical (unpaired) electrons. The fourth-order valence-corrected chi connectivity index (χ4v) is 5.03. The van der Waals surface area contributed by atoms with Crippen LogP contribution >= 0.6 is 11.9 Å². The van der Waals surface area contributed by atoms with Crippen molar-refractivity contribution < 1.29 is 0 Å². The number of benzene rings is 2. The van der Waals surface area contributed by atoms with Gasteiger partial charge in [-0.1, -0.05) is 92.7 Å². The zero-order valence-electron chi connectivity index (χ0n) is 17.6. The van der Waals surface area contributed by atoms with Gasteiger partial charge in [0.25, 0.3) is 0 Å². The lowest BCUT2D eigenvalue weighted by atomic mass is 9.66. The van der Waals surface area contributed by atoms with Gasteiger partial charge in [0.1, 0.15) is 5.41 Å². The van der Waals surface area contributed by atoms with E-state index in [1.165, 1.54) is 4.91 Å². The minimum absolute atomic E-state index is 0.247. The van der Waals surface area contributed by atoms with Crippen molar-refractivity contribution in [1.82, 2.24) is 4.31 Å². The van der Waals surface area contributed by atoms with Gasteiger partial charge in [-0.15, -0.1) is 0 Å². The minimum atomic E-state index is -0.623. The molecule has 0 amide bonds. The first kappa shape index (κ1) is 21.4. The summed E-state index contributed by atoms with van der Waals surface area (Å²) in [5.74, 6) is 0.788. The molecule has 0 aliphatic carbocycles. The van der Waals surface area contributed by atoms with E-state index in [4.69, 9.17) is 0 Å². The third kappa shape index (κ3) is 4.83. The highest BCUT2D eigenvalue weighted by atomic mass is 32.2. The molecule has 1 aliphatic rings. The van der Waals surface area contributed by atoms with E-state index in [1.807, 2.05) is 48.3 Å². The van der Waals surface area contributed by atoms with Crippen molar-refractivity contribution in [2.24, 2.45) is 11.8 Å². The number of nitriles is 1. The molecule has 1 aliphatic heterocycles. The van der Waals surface area contributed by atoms with Crippen LogP contribution in [-0.2, 0) is 5.41 Å². The molecule has 0 spiro atoms. The molecule has 2 aromatic carbocycles. The van der Waals surface area contributed by atoms with Crippen molar-refractivity contribution in [2.45, 2.75) is 32.6 Å². The molecule has 1 heterocycles. The Kier molecular flexibility index (Phi) is 7.36. The van der Waals surface area contributed by atoms with Gasteiger partial charge in [-0.25, -0.2) is 4.31 Å². The Morgan fingerprint density at radius 3 is 2.17 bits per heavy atom. The van der Waals surface area contributed by atoms with Gasteiger partial charge in [-0.3, -0.25) is 0 Å². The lowest BCUT2D eigenvalue weighted by Gasteiger charge is -2.34. The first-order valence-electron chi connectivity index (χ1n) is 10.4. The van der Waals surface area contributed by atoms with Gasteiger partial charge in [-0.05, 0) is 42.3 Å². The van der Waals surface area contributed by atoms with E-state index < -0.39 is 5.41 Å². The maximum absolute atomic E-state index is 10.5.